The number of aliphatic hydroxyl groups excluding tert-OH is 1. The molecule has 1 saturated carbocycles. The van der Waals surface area contributed by atoms with E-state index in [0.717, 1.165) is 19.3 Å². The van der Waals surface area contributed by atoms with Gasteiger partial charge in [-0.15, -0.1) is 0 Å². The summed E-state index contributed by atoms with van der Waals surface area (Å²) >= 11 is 0. The number of carbonyl (C=O) groups excluding carboxylic acids is 2. The highest BCUT2D eigenvalue weighted by Gasteiger charge is 2.47. The summed E-state index contributed by atoms with van der Waals surface area (Å²) in [7, 11) is 0. The minimum absolute atomic E-state index is 0.0117. The van der Waals surface area contributed by atoms with Crippen molar-refractivity contribution in [3.05, 3.63) is 36.5 Å². The first kappa shape index (κ1) is 22.1. The van der Waals surface area contributed by atoms with Gasteiger partial charge < -0.3 is 14.9 Å². The van der Waals surface area contributed by atoms with E-state index >= 15 is 0 Å². The predicted molar refractivity (Wildman–Crippen MR) is 111 cm³/mol. The molecule has 0 bridgehead atoms. The largest absolute Gasteiger partial charge is 0.393 e. The number of hydrogen-bond acceptors (Lipinski definition) is 5. The van der Waals surface area contributed by atoms with Crippen molar-refractivity contribution < 1.29 is 24.5 Å². The summed E-state index contributed by atoms with van der Waals surface area (Å²) in [5.41, 5.74) is -1.78. The average molecular weight is 403 g/mol. The Morgan fingerprint density at radius 2 is 1.93 bits per heavy atom. The van der Waals surface area contributed by atoms with Crippen LogP contribution >= 0.6 is 0 Å². The van der Waals surface area contributed by atoms with Crippen molar-refractivity contribution in [1.82, 2.24) is 0 Å². The molecule has 0 amide bonds. The molecule has 1 heterocycles. The SMILES string of the molecule is CC1(CC[C@](C)(O)CC(O)CC2(C)CC/C=C\C(=O)C3CC3O2)C=CC(=O)C=C1. The number of allylic oxidation sites excluding steroid dienone is 6. The van der Waals surface area contributed by atoms with Crippen molar-refractivity contribution in [2.75, 3.05) is 0 Å². The first-order valence-electron chi connectivity index (χ1n) is 10.7. The van der Waals surface area contributed by atoms with Gasteiger partial charge in [-0.1, -0.05) is 25.2 Å². The van der Waals surface area contributed by atoms with Gasteiger partial charge in [-0.3, -0.25) is 9.59 Å². The number of ketones is 2. The Bertz CT molecular complexity index is 716. The van der Waals surface area contributed by atoms with Crippen LogP contribution in [0.3, 0.4) is 0 Å². The molecule has 1 fully saturated rings. The number of hydrogen-bond donors (Lipinski definition) is 2. The van der Waals surface area contributed by atoms with Gasteiger partial charge in [0.15, 0.2) is 11.6 Å². The molecule has 0 aromatic carbocycles. The molecule has 0 aromatic rings. The predicted octanol–water partition coefficient (Wildman–Crippen LogP) is 3.44. The second-order valence-electron chi connectivity index (χ2n) is 9.93. The molecule has 3 aliphatic rings. The van der Waals surface area contributed by atoms with Gasteiger partial charge in [0.05, 0.1) is 29.3 Å². The highest BCUT2D eigenvalue weighted by atomic mass is 16.5. The van der Waals surface area contributed by atoms with Crippen LogP contribution in [-0.2, 0) is 14.3 Å². The summed E-state index contributed by atoms with van der Waals surface area (Å²) in [5, 5.41) is 21.6. The van der Waals surface area contributed by atoms with Crippen LogP contribution in [0.5, 0.6) is 0 Å². The van der Waals surface area contributed by atoms with Crippen LogP contribution in [0.4, 0.5) is 0 Å². The number of aliphatic hydroxyl groups is 2. The number of ether oxygens (including phenoxy) is 1. The maximum absolute atomic E-state index is 12.0. The zero-order valence-electron chi connectivity index (χ0n) is 17.8. The molecule has 0 aromatic heterocycles. The molecule has 5 nitrogen and oxygen atoms in total. The molecule has 5 atom stereocenters. The van der Waals surface area contributed by atoms with Gasteiger partial charge in [0, 0.05) is 18.3 Å². The zero-order valence-corrected chi connectivity index (χ0v) is 17.8. The third-order valence-electron chi connectivity index (χ3n) is 6.46. The van der Waals surface area contributed by atoms with Crippen LogP contribution in [0, 0.1) is 11.3 Å². The fraction of sp³-hybridized carbons (Fsp3) is 0.667. The molecule has 1 aliphatic heterocycles. The Labute approximate surface area is 173 Å². The Kier molecular flexibility index (Phi) is 6.32. The van der Waals surface area contributed by atoms with Gasteiger partial charge >= 0.3 is 0 Å². The Morgan fingerprint density at radius 1 is 1.24 bits per heavy atom. The zero-order chi connectivity index (χ0) is 21.3. The number of fused-ring (bicyclic) bond motifs is 1. The van der Waals surface area contributed by atoms with Crippen molar-refractivity contribution in [3.8, 4) is 0 Å². The van der Waals surface area contributed by atoms with E-state index in [2.05, 4.69) is 0 Å². The third kappa shape index (κ3) is 6.21. The lowest BCUT2D eigenvalue weighted by molar-refractivity contribution is -0.119. The first-order chi connectivity index (χ1) is 13.5. The molecule has 5 heteroatoms. The van der Waals surface area contributed by atoms with Gasteiger partial charge in [-0.2, -0.15) is 0 Å². The summed E-state index contributed by atoms with van der Waals surface area (Å²) in [6, 6.07) is 0. The van der Waals surface area contributed by atoms with E-state index in [4.69, 9.17) is 4.74 Å². The molecular weight excluding hydrogens is 368 g/mol. The summed E-state index contributed by atoms with van der Waals surface area (Å²) < 4.78 is 6.22. The highest BCUT2D eigenvalue weighted by molar-refractivity contribution is 6.00. The van der Waals surface area contributed by atoms with Gasteiger partial charge in [0.25, 0.3) is 0 Å². The van der Waals surface area contributed by atoms with E-state index in [9.17, 15) is 19.8 Å². The Morgan fingerprint density at radius 3 is 2.62 bits per heavy atom. The van der Waals surface area contributed by atoms with Crippen LogP contribution in [0.2, 0.25) is 0 Å². The van der Waals surface area contributed by atoms with Crippen LogP contribution in [-0.4, -0.2) is 45.2 Å². The Balaban J connectivity index is 1.53. The van der Waals surface area contributed by atoms with Crippen LogP contribution in [0.15, 0.2) is 36.5 Å². The van der Waals surface area contributed by atoms with Crippen molar-refractivity contribution in [2.45, 2.75) is 89.1 Å². The van der Waals surface area contributed by atoms with Crippen molar-refractivity contribution in [2.24, 2.45) is 11.3 Å². The van der Waals surface area contributed by atoms with E-state index < -0.39 is 17.3 Å². The topological polar surface area (TPSA) is 83.8 Å². The Hall–Kier alpha value is -1.56. The second kappa shape index (κ2) is 8.29. The van der Waals surface area contributed by atoms with Crippen LogP contribution < -0.4 is 0 Å². The van der Waals surface area contributed by atoms with E-state index in [-0.39, 0.29) is 35.4 Å². The van der Waals surface area contributed by atoms with Crippen molar-refractivity contribution in [1.29, 1.82) is 0 Å². The summed E-state index contributed by atoms with van der Waals surface area (Å²) in [6.45, 7) is 5.79. The molecule has 4 unspecified atom stereocenters. The quantitative estimate of drug-likeness (QED) is 0.681. The van der Waals surface area contributed by atoms with Gasteiger partial charge in [0.2, 0.25) is 0 Å². The van der Waals surface area contributed by atoms with E-state index in [1.54, 1.807) is 25.2 Å². The van der Waals surface area contributed by atoms with Gasteiger partial charge in [-0.05, 0) is 64.2 Å². The molecular formula is C24H34O5. The molecule has 0 saturated heterocycles. The monoisotopic (exact) mass is 402 g/mol. The molecule has 160 valence electrons. The van der Waals surface area contributed by atoms with E-state index in [1.807, 2.05) is 32.1 Å². The lowest BCUT2D eigenvalue weighted by Crippen LogP contribution is -2.38. The van der Waals surface area contributed by atoms with Gasteiger partial charge in [0.1, 0.15) is 0 Å². The number of rotatable bonds is 7. The third-order valence-corrected chi connectivity index (χ3v) is 6.46. The minimum Gasteiger partial charge on any atom is -0.393 e. The van der Waals surface area contributed by atoms with E-state index in [1.165, 1.54) is 0 Å². The lowest BCUT2D eigenvalue weighted by atomic mass is 9.77. The number of carbonyl (C=O) groups is 2. The average Bonchev–Trinajstić information content (AvgIpc) is 3.37. The molecule has 2 aliphatic carbocycles. The van der Waals surface area contributed by atoms with Crippen molar-refractivity contribution in [3.63, 3.8) is 0 Å². The normalized spacial score (nSPS) is 35.1. The smallest absolute Gasteiger partial charge is 0.178 e. The van der Waals surface area contributed by atoms with E-state index in [0.29, 0.717) is 19.3 Å². The summed E-state index contributed by atoms with van der Waals surface area (Å²) in [6.07, 6.45) is 13.9. The standard InChI is InChI=1S/C24H34O5/c1-22(10-7-17(25)8-11-22)12-13-23(2,28)15-18(26)16-24(3)9-5-4-6-20(27)19-14-21(19)29-24/h4,6-8,10-11,18-19,21,26,28H,5,9,12-16H2,1-3H3/b6-4-/t18?,19?,21?,23-,24?/m0/s1. The highest BCUT2D eigenvalue weighted by Crippen LogP contribution is 2.42. The molecule has 0 radical (unpaired) electrons. The summed E-state index contributed by atoms with van der Waals surface area (Å²) in [5.74, 6) is 0.0965. The molecule has 0 spiro atoms. The molecule has 29 heavy (non-hydrogen) atoms. The maximum atomic E-state index is 12.0. The maximum Gasteiger partial charge on any atom is 0.178 e. The minimum atomic E-state index is -1.02. The fourth-order valence-corrected chi connectivity index (χ4v) is 4.43. The summed E-state index contributed by atoms with van der Waals surface area (Å²) in [4.78, 5) is 23.3. The first-order valence-corrected chi connectivity index (χ1v) is 10.7. The molecule has 3 rings (SSSR count). The van der Waals surface area contributed by atoms with Crippen LogP contribution in [0.1, 0.15) is 65.7 Å². The molecule has 2 N–H and O–H groups in total. The van der Waals surface area contributed by atoms with Gasteiger partial charge in [-0.25, -0.2) is 0 Å². The second-order valence-corrected chi connectivity index (χ2v) is 9.93. The van der Waals surface area contributed by atoms with Crippen molar-refractivity contribution >= 4 is 11.6 Å². The lowest BCUT2D eigenvalue weighted by Gasteiger charge is -2.35. The fourth-order valence-electron chi connectivity index (χ4n) is 4.43. The van der Waals surface area contributed by atoms with Crippen LogP contribution in [0.25, 0.3) is 0 Å².